The number of aromatic amines is 1. The molecule has 3 rings (SSSR count). The minimum atomic E-state index is -0.110. The number of allylic oxidation sites excluding steroid dienone is 1. The highest BCUT2D eigenvalue weighted by molar-refractivity contribution is 5.73. The fourth-order valence-corrected chi connectivity index (χ4v) is 3.59. The van der Waals surface area contributed by atoms with Gasteiger partial charge in [-0.1, -0.05) is 26.8 Å². The van der Waals surface area contributed by atoms with Crippen molar-refractivity contribution in [2.45, 2.75) is 57.9 Å². The van der Waals surface area contributed by atoms with E-state index in [1.54, 1.807) is 13.3 Å². The summed E-state index contributed by atoms with van der Waals surface area (Å²) >= 11 is 0. The summed E-state index contributed by atoms with van der Waals surface area (Å²) in [7, 11) is 1.64. The Balaban J connectivity index is 2.02. The Morgan fingerprint density at radius 3 is 2.88 bits per heavy atom. The highest BCUT2D eigenvalue weighted by atomic mass is 16.5. The van der Waals surface area contributed by atoms with Gasteiger partial charge < -0.3 is 9.72 Å². The fourth-order valence-electron chi connectivity index (χ4n) is 3.59. The van der Waals surface area contributed by atoms with Crippen LogP contribution in [0.5, 0.6) is 0 Å². The predicted octanol–water partition coefficient (Wildman–Crippen LogP) is 3.52. The number of hydrogen-bond acceptors (Lipinski definition) is 4. The van der Waals surface area contributed by atoms with Gasteiger partial charge in [0.25, 0.3) is 5.56 Å². The summed E-state index contributed by atoms with van der Waals surface area (Å²) in [6.45, 7) is 8.28. The lowest BCUT2D eigenvalue weighted by atomic mass is 9.72. The van der Waals surface area contributed by atoms with Gasteiger partial charge in [-0.2, -0.15) is 5.10 Å². The molecule has 1 aliphatic carbocycles. The second-order valence-corrected chi connectivity index (χ2v) is 6.59. The Bertz CT molecular complexity index is 792. The number of nitrogens with zero attached hydrogens (tertiary/aromatic N) is 3. The fraction of sp³-hybridized carbons (Fsp3) is 0.611. The Hall–Kier alpha value is -2.11. The third kappa shape index (κ3) is 2.74. The van der Waals surface area contributed by atoms with Crippen LogP contribution in [0, 0.1) is 5.92 Å². The molecule has 0 amide bonds. The summed E-state index contributed by atoms with van der Waals surface area (Å²) in [5.74, 6) is 1.89. The average Bonchev–Trinajstić information content (AvgIpc) is 2.95. The van der Waals surface area contributed by atoms with Crippen molar-refractivity contribution in [3.8, 4) is 0 Å². The molecule has 6 nitrogen and oxygen atoms in total. The smallest absolute Gasteiger partial charge is 0.262 e. The van der Waals surface area contributed by atoms with Crippen molar-refractivity contribution >= 4 is 11.0 Å². The largest absolute Gasteiger partial charge is 0.501 e. The van der Waals surface area contributed by atoms with E-state index in [4.69, 9.17) is 9.72 Å². The van der Waals surface area contributed by atoms with Crippen LogP contribution in [0.3, 0.4) is 0 Å². The first kappa shape index (κ1) is 16.7. The van der Waals surface area contributed by atoms with E-state index in [1.807, 2.05) is 4.68 Å². The van der Waals surface area contributed by atoms with Crippen molar-refractivity contribution in [2.75, 3.05) is 7.11 Å². The molecule has 0 radical (unpaired) electrons. The standard InChI is InChI=1S/C18H26N4O2/c1-5-7-12(6-2)22-17-15(10-19-22)18(23)21-16(20-17)14-9-8-13(14)11(3)24-4/h10,12-14H,3,5-9H2,1-2,4H3,(H,20,21,23). The minimum absolute atomic E-state index is 0.110. The van der Waals surface area contributed by atoms with Gasteiger partial charge in [0.05, 0.1) is 25.1 Å². The maximum atomic E-state index is 12.5. The van der Waals surface area contributed by atoms with Crippen molar-refractivity contribution in [3.05, 3.63) is 34.7 Å². The maximum absolute atomic E-state index is 12.5. The van der Waals surface area contributed by atoms with Crippen molar-refractivity contribution < 1.29 is 4.74 Å². The molecule has 2 aromatic rings. The van der Waals surface area contributed by atoms with Gasteiger partial charge >= 0.3 is 0 Å². The monoisotopic (exact) mass is 330 g/mol. The van der Waals surface area contributed by atoms with Crippen LogP contribution in [0.4, 0.5) is 0 Å². The Labute approximate surface area is 141 Å². The molecule has 1 saturated carbocycles. The Morgan fingerprint density at radius 2 is 2.29 bits per heavy atom. The van der Waals surface area contributed by atoms with Crippen LogP contribution in [-0.2, 0) is 4.74 Å². The molecule has 130 valence electrons. The molecule has 6 heteroatoms. The zero-order valence-electron chi connectivity index (χ0n) is 14.7. The molecule has 0 aliphatic heterocycles. The lowest BCUT2D eigenvalue weighted by molar-refractivity contribution is 0.166. The van der Waals surface area contributed by atoms with Crippen molar-refractivity contribution in [1.82, 2.24) is 19.7 Å². The average molecular weight is 330 g/mol. The zero-order valence-corrected chi connectivity index (χ0v) is 14.7. The molecule has 0 spiro atoms. The van der Waals surface area contributed by atoms with Gasteiger partial charge in [-0.15, -0.1) is 0 Å². The first-order valence-electron chi connectivity index (χ1n) is 8.80. The minimum Gasteiger partial charge on any atom is -0.501 e. The first-order chi connectivity index (χ1) is 11.6. The molecule has 2 heterocycles. The highest BCUT2D eigenvalue weighted by Crippen LogP contribution is 2.44. The lowest BCUT2D eigenvalue weighted by Crippen LogP contribution is -2.29. The van der Waals surface area contributed by atoms with E-state index in [-0.39, 0.29) is 23.4 Å². The number of fused-ring (bicyclic) bond motifs is 1. The normalized spacial score (nSPS) is 21.5. The first-order valence-corrected chi connectivity index (χ1v) is 8.80. The molecule has 3 atom stereocenters. The van der Waals surface area contributed by atoms with Crippen LogP contribution >= 0.6 is 0 Å². The van der Waals surface area contributed by atoms with Crippen LogP contribution in [0.25, 0.3) is 11.0 Å². The van der Waals surface area contributed by atoms with Gasteiger partial charge in [-0.05, 0) is 25.7 Å². The summed E-state index contributed by atoms with van der Waals surface area (Å²) in [4.78, 5) is 20.2. The SMILES string of the molecule is C=C(OC)C1CCC1c1nc2c(cnn2C(CC)CCC)c(=O)[nH]1. The number of hydrogen-bond donors (Lipinski definition) is 1. The molecular weight excluding hydrogens is 304 g/mol. The number of H-pyrrole nitrogens is 1. The topological polar surface area (TPSA) is 72.8 Å². The van der Waals surface area contributed by atoms with Crippen molar-refractivity contribution in [1.29, 1.82) is 0 Å². The summed E-state index contributed by atoms with van der Waals surface area (Å²) in [5, 5.41) is 5.02. The predicted molar refractivity (Wildman–Crippen MR) is 94.0 cm³/mol. The molecule has 24 heavy (non-hydrogen) atoms. The van der Waals surface area contributed by atoms with Crippen LogP contribution in [0.15, 0.2) is 23.3 Å². The maximum Gasteiger partial charge on any atom is 0.262 e. The van der Waals surface area contributed by atoms with Gasteiger partial charge in [0.2, 0.25) is 0 Å². The third-order valence-electron chi connectivity index (χ3n) is 5.22. The van der Waals surface area contributed by atoms with Crippen LogP contribution in [-0.4, -0.2) is 26.9 Å². The molecule has 0 saturated heterocycles. The van der Waals surface area contributed by atoms with E-state index < -0.39 is 0 Å². The van der Waals surface area contributed by atoms with Gasteiger partial charge in [-0.3, -0.25) is 4.79 Å². The van der Waals surface area contributed by atoms with E-state index in [0.29, 0.717) is 11.0 Å². The van der Waals surface area contributed by atoms with E-state index in [1.165, 1.54) is 0 Å². The van der Waals surface area contributed by atoms with E-state index in [9.17, 15) is 4.79 Å². The molecule has 0 bridgehead atoms. The van der Waals surface area contributed by atoms with Crippen LogP contribution < -0.4 is 5.56 Å². The van der Waals surface area contributed by atoms with Crippen molar-refractivity contribution in [3.63, 3.8) is 0 Å². The van der Waals surface area contributed by atoms with Crippen LogP contribution in [0.2, 0.25) is 0 Å². The van der Waals surface area contributed by atoms with Gasteiger partial charge in [0, 0.05) is 11.8 Å². The van der Waals surface area contributed by atoms with Gasteiger partial charge in [0.1, 0.15) is 11.2 Å². The number of ether oxygens (including phenoxy) is 1. The summed E-state index contributed by atoms with van der Waals surface area (Å²) < 4.78 is 7.22. The van der Waals surface area contributed by atoms with E-state index in [2.05, 4.69) is 30.5 Å². The summed E-state index contributed by atoms with van der Waals surface area (Å²) in [6.07, 6.45) is 6.72. The summed E-state index contributed by atoms with van der Waals surface area (Å²) in [6, 6.07) is 0.278. The Morgan fingerprint density at radius 1 is 1.50 bits per heavy atom. The highest BCUT2D eigenvalue weighted by Gasteiger charge is 2.37. The van der Waals surface area contributed by atoms with E-state index >= 15 is 0 Å². The number of rotatable bonds is 7. The number of nitrogens with one attached hydrogen (secondary N) is 1. The molecule has 3 unspecified atom stereocenters. The molecule has 2 aromatic heterocycles. The third-order valence-corrected chi connectivity index (χ3v) is 5.22. The molecule has 1 aliphatic rings. The van der Waals surface area contributed by atoms with Crippen LogP contribution in [0.1, 0.15) is 63.7 Å². The molecular formula is C18H26N4O2. The zero-order chi connectivity index (χ0) is 17.3. The number of methoxy groups -OCH3 is 1. The second kappa shape index (κ2) is 6.79. The molecule has 1 N–H and O–H groups in total. The van der Waals surface area contributed by atoms with Gasteiger partial charge in [-0.25, -0.2) is 9.67 Å². The van der Waals surface area contributed by atoms with E-state index in [0.717, 1.165) is 43.7 Å². The number of aromatic nitrogens is 4. The molecule has 0 aromatic carbocycles. The Kier molecular flexibility index (Phi) is 4.73. The van der Waals surface area contributed by atoms with Crippen molar-refractivity contribution in [2.24, 2.45) is 5.92 Å². The second-order valence-electron chi connectivity index (χ2n) is 6.59. The molecule has 1 fully saturated rings. The lowest BCUT2D eigenvalue weighted by Gasteiger charge is -2.36. The van der Waals surface area contributed by atoms with Gasteiger partial charge in [0.15, 0.2) is 5.65 Å². The quantitative estimate of drug-likeness (QED) is 0.788. The summed E-state index contributed by atoms with van der Waals surface area (Å²) in [5.41, 5.74) is 0.587.